The number of rotatable bonds is 6. The van der Waals surface area contributed by atoms with Gasteiger partial charge in [-0.15, -0.1) is 11.8 Å². The summed E-state index contributed by atoms with van der Waals surface area (Å²) in [6.45, 7) is 2.18. The van der Waals surface area contributed by atoms with E-state index >= 15 is 0 Å². The molecule has 15 heavy (non-hydrogen) atoms. The Hall–Kier alpha value is -0.0300. The van der Waals surface area contributed by atoms with E-state index in [0.717, 1.165) is 23.1 Å². The lowest BCUT2D eigenvalue weighted by molar-refractivity contribution is 0.532. The van der Waals surface area contributed by atoms with Crippen molar-refractivity contribution in [2.45, 2.75) is 30.7 Å². The van der Waals surface area contributed by atoms with Crippen LogP contribution in [0.15, 0.2) is 33.6 Å². The van der Waals surface area contributed by atoms with Gasteiger partial charge < -0.3 is 0 Å². The van der Waals surface area contributed by atoms with Crippen LogP contribution in [0.3, 0.4) is 0 Å². The van der Waals surface area contributed by atoms with Gasteiger partial charge in [-0.2, -0.15) is 0 Å². The molecular weight excluding hydrogens is 272 g/mol. The Kier molecular flexibility index (Phi) is 6.32. The molecule has 0 radical (unpaired) electrons. The first-order valence-electron chi connectivity index (χ1n) is 5.10. The SMILES string of the molecule is CCCC(CSc1ccc(Br)cc1)NN. The molecule has 1 unspecified atom stereocenters. The topological polar surface area (TPSA) is 38.0 Å². The van der Waals surface area contributed by atoms with Crippen molar-refractivity contribution in [2.75, 3.05) is 5.75 Å². The third-order valence-corrected chi connectivity index (χ3v) is 3.84. The van der Waals surface area contributed by atoms with Crippen LogP contribution in [0.5, 0.6) is 0 Å². The summed E-state index contributed by atoms with van der Waals surface area (Å²) < 4.78 is 1.12. The van der Waals surface area contributed by atoms with E-state index in [1.54, 1.807) is 0 Å². The fourth-order valence-electron chi connectivity index (χ4n) is 1.29. The van der Waals surface area contributed by atoms with E-state index in [4.69, 9.17) is 5.84 Å². The Bertz CT molecular complexity index is 276. The highest BCUT2D eigenvalue weighted by Crippen LogP contribution is 2.21. The molecule has 0 bridgehead atoms. The van der Waals surface area contributed by atoms with Gasteiger partial charge in [-0.3, -0.25) is 11.3 Å². The smallest absolute Gasteiger partial charge is 0.0304 e. The van der Waals surface area contributed by atoms with Crippen molar-refractivity contribution < 1.29 is 0 Å². The van der Waals surface area contributed by atoms with Crippen molar-refractivity contribution >= 4 is 27.7 Å². The molecule has 0 aliphatic rings. The van der Waals surface area contributed by atoms with E-state index in [0.29, 0.717) is 6.04 Å². The van der Waals surface area contributed by atoms with Gasteiger partial charge in [0.05, 0.1) is 0 Å². The van der Waals surface area contributed by atoms with Crippen LogP contribution in [0, 0.1) is 0 Å². The lowest BCUT2D eigenvalue weighted by atomic mass is 10.2. The molecule has 3 N–H and O–H groups in total. The van der Waals surface area contributed by atoms with Crippen LogP contribution in [0.25, 0.3) is 0 Å². The Labute approximate surface area is 104 Å². The first kappa shape index (κ1) is 13.0. The second kappa shape index (κ2) is 7.28. The summed E-state index contributed by atoms with van der Waals surface area (Å²) in [6.07, 6.45) is 2.29. The zero-order valence-corrected chi connectivity index (χ0v) is 11.3. The van der Waals surface area contributed by atoms with Crippen LogP contribution in [-0.2, 0) is 0 Å². The van der Waals surface area contributed by atoms with Crippen molar-refractivity contribution in [1.29, 1.82) is 0 Å². The van der Waals surface area contributed by atoms with Crippen LogP contribution < -0.4 is 11.3 Å². The molecule has 2 nitrogen and oxygen atoms in total. The maximum atomic E-state index is 5.48. The molecular formula is C11H17BrN2S. The minimum atomic E-state index is 0.406. The summed E-state index contributed by atoms with van der Waals surface area (Å²) in [4.78, 5) is 1.29. The molecule has 1 aromatic carbocycles. The van der Waals surface area contributed by atoms with Crippen molar-refractivity contribution in [2.24, 2.45) is 5.84 Å². The van der Waals surface area contributed by atoms with Gasteiger partial charge in [0.25, 0.3) is 0 Å². The lowest BCUT2D eigenvalue weighted by Crippen LogP contribution is -2.36. The van der Waals surface area contributed by atoms with Gasteiger partial charge in [0.15, 0.2) is 0 Å². The number of halogens is 1. The van der Waals surface area contributed by atoms with Gasteiger partial charge in [-0.1, -0.05) is 29.3 Å². The fourth-order valence-corrected chi connectivity index (χ4v) is 2.54. The minimum Gasteiger partial charge on any atom is -0.271 e. The van der Waals surface area contributed by atoms with Gasteiger partial charge in [-0.25, -0.2) is 0 Å². The number of hydrogen-bond acceptors (Lipinski definition) is 3. The molecule has 0 aromatic heterocycles. The molecule has 0 aliphatic heterocycles. The maximum Gasteiger partial charge on any atom is 0.0304 e. The second-order valence-electron chi connectivity index (χ2n) is 3.42. The van der Waals surface area contributed by atoms with Gasteiger partial charge >= 0.3 is 0 Å². The summed E-state index contributed by atoms with van der Waals surface area (Å²) in [7, 11) is 0. The van der Waals surface area contributed by atoms with Crippen LogP contribution in [0.1, 0.15) is 19.8 Å². The number of thioether (sulfide) groups is 1. The average molecular weight is 289 g/mol. The molecule has 0 aliphatic carbocycles. The van der Waals surface area contributed by atoms with E-state index in [1.807, 2.05) is 11.8 Å². The van der Waals surface area contributed by atoms with E-state index in [9.17, 15) is 0 Å². The maximum absolute atomic E-state index is 5.48. The largest absolute Gasteiger partial charge is 0.271 e. The molecule has 84 valence electrons. The van der Waals surface area contributed by atoms with Gasteiger partial charge in [0.1, 0.15) is 0 Å². The van der Waals surface area contributed by atoms with E-state index in [2.05, 4.69) is 52.5 Å². The quantitative estimate of drug-likeness (QED) is 0.480. The highest BCUT2D eigenvalue weighted by Gasteiger charge is 2.05. The highest BCUT2D eigenvalue weighted by atomic mass is 79.9. The Morgan fingerprint density at radius 1 is 1.40 bits per heavy atom. The van der Waals surface area contributed by atoms with Crippen LogP contribution in [0.4, 0.5) is 0 Å². The number of hydrogen-bond donors (Lipinski definition) is 2. The minimum absolute atomic E-state index is 0.406. The number of benzene rings is 1. The van der Waals surface area contributed by atoms with E-state index < -0.39 is 0 Å². The molecule has 0 fully saturated rings. The van der Waals surface area contributed by atoms with Crippen LogP contribution in [-0.4, -0.2) is 11.8 Å². The van der Waals surface area contributed by atoms with Crippen molar-refractivity contribution in [3.8, 4) is 0 Å². The molecule has 0 spiro atoms. The summed E-state index contributed by atoms with van der Waals surface area (Å²) in [5.74, 6) is 6.50. The number of hydrazine groups is 1. The molecule has 0 heterocycles. The highest BCUT2D eigenvalue weighted by molar-refractivity contribution is 9.10. The first-order chi connectivity index (χ1) is 7.26. The molecule has 0 amide bonds. The summed E-state index contributed by atoms with van der Waals surface area (Å²) in [5.41, 5.74) is 2.85. The van der Waals surface area contributed by atoms with E-state index in [1.165, 1.54) is 4.90 Å². The zero-order chi connectivity index (χ0) is 11.1. The van der Waals surface area contributed by atoms with Crippen LogP contribution >= 0.6 is 27.7 Å². The molecule has 0 saturated heterocycles. The zero-order valence-electron chi connectivity index (χ0n) is 8.87. The Balaban J connectivity index is 2.38. The fraction of sp³-hybridized carbons (Fsp3) is 0.455. The van der Waals surface area contributed by atoms with Gasteiger partial charge in [-0.05, 0) is 30.7 Å². The summed E-state index contributed by atoms with van der Waals surface area (Å²) in [6, 6.07) is 8.77. The predicted molar refractivity (Wildman–Crippen MR) is 70.9 cm³/mol. The predicted octanol–water partition coefficient (Wildman–Crippen LogP) is 3.17. The summed E-state index contributed by atoms with van der Waals surface area (Å²) in [5, 5.41) is 0. The Morgan fingerprint density at radius 2 is 2.07 bits per heavy atom. The molecule has 4 heteroatoms. The van der Waals surface area contributed by atoms with Gasteiger partial charge in [0, 0.05) is 21.2 Å². The lowest BCUT2D eigenvalue weighted by Gasteiger charge is -2.13. The van der Waals surface area contributed by atoms with Gasteiger partial charge in [0.2, 0.25) is 0 Å². The number of nitrogens with two attached hydrogens (primary N) is 1. The second-order valence-corrected chi connectivity index (χ2v) is 5.43. The molecule has 1 rings (SSSR count). The first-order valence-corrected chi connectivity index (χ1v) is 6.88. The summed E-state index contributed by atoms with van der Waals surface area (Å²) >= 11 is 5.26. The van der Waals surface area contributed by atoms with Crippen molar-refractivity contribution in [1.82, 2.24) is 5.43 Å². The molecule has 0 saturated carbocycles. The Morgan fingerprint density at radius 3 is 2.60 bits per heavy atom. The standard InChI is InChI=1S/C11H17BrN2S/c1-2-3-10(14-13)8-15-11-6-4-9(12)5-7-11/h4-7,10,14H,2-3,8,13H2,1H3. The third-order valence-electron chi connectivity index (χ3n) is 2.14. The monoisotopic (exact) mass is 288 g/mol. The van der Waals surface area contributed by atoms with Crippen molar-refractivity contribution in [3.63, 3.8) is 0 Å². The van der Waals surface area contributed by atoms with Crippen molar-refractivity contribution in [3.05, 3.63) is 28.7 Å². The third kappa shape index (κ3) is 5.02. The van der Waals surface area contributed by atoms with E-state index in [-0.39, 0.29) is 0 Å². The van der Waals surface area contributed by atoms with Crippen LogP contribution in [0.2, 0.25) is 0 Å². The average Bonchev–Trinajstić information content (AvgIpc) is 2.26. The normalized spacial score (nSPS) is 12.7. The number of nitrogens with one attached hydrogen (secondary N) is 1. The molecule has 1 aromatic rings. The molecule has 1 atom stereocenters.